The smallest absolute Gasteiger partial charge is 0.235 e. The van der Waals surface area contributed by atoms with Gasteiger partial charge in [0.1, 0.15) is 5.75 Å². The van der Waals surface area contributed by atoms with E-state index in [1.807, 2.05) is 48.5 Å². The zero-order chi connectivity index (χ0) is 18.1. The summed E-state index contributed by atoms with van der Waals surface area (Å²) < 4.78 is 31.5. The molecule has 2 rings (SSSR count). The molecule has 0 radical (unpaired) electrons. The molecule has 1 amide bonds. The van der Waals surface area contributed by atoms with E-state index in [-0.39, 0.29) is 18.8 Å². The molecule has 0 saturated carbocycles. The molecule has 2 aromatic carbocycles. The zero-order valence-electron chi connectivity index (χ0n) is 14.1. The first-order valence-electron chi connectivity index (χ1n) is 7.90. The Morgan fingerprint density at radius 2 is 1.72 bits per heavy atom. The second-order valence-corrected chi connectivity index (χ2v) is 7.39. The maximum atomic E-state index is 12.0. The van der Waals surface area contributed by atoms with Gasteiger partial charge in [0, 0.05) is 12.1 Å². The molecule has 0 saturated heterocycles. The number of amides is 1. The standard InChI is InChI=1S/C18H22N2O4S/c1-24-17-10-6-5-9-16(17)13-19-18(21)14-20-25(22,23)12-11-15-7-3-2-4-8-15/h2-10,20H,11-14H2,1H3,(H,19,21). The number of hydrogen-bond donors (Lipinski definition) is 2. The van der Waals surface area contributed by atoms with Crippen molar-refractivity contribution in [3.8, 4) is 5.75 Å². The van der Waals surface area contributed by atoms with Crippen molar-refractivity contribution >= 4 is 15.9 Å². The van der Waals surface area contributed by atoms with Crippen LogP contribution in [0.4, 0.5) is 0 Å². The second kappa shape index (κ2) is 9.19. The van der Waals surface area contributed by atoms with Gasteiger partial charge in [0.05, 0.1) is 19.4 Å². The summed E-state index contributed by atoms with van der Waals surface area (Å²) in [5, 5.41) is 2.67. The number of ether oxygens (including phenoxy) is 1. The normalized spacial score (nSPS) is 11.1. The Kier molecular flexibility index (Phi) is 6.97. The number of aryl methyl sites for hydroxylation is 1. The minimum Gasteiger partial charge on any atom is -0.496 e. The van der Waals surface area contributed by atoms with E-state index in [4.69, 9.17) is 4.74 Å². The van der Waals surface area contributed by atoms with Gasteiger partial charge in [-0.15, -0.1) is 0 Å². The van der Waals surface area contributed by atoms with Crippen LogP contribution in [-0.2, 0) is 27.8 Å². The topological polar surface area (TPSA) is 84.5 Å². The molecule has 0 unspecified atom stereocenters. The van der Waals surface area contributed by atoms with Crippen molar-refractivity contribution in [2.45, 2.75) is 13.0 Å². The molecule has 0 aliphatic heterocycles. The molecular formula is C18H22N2O4S. The monoisotopic (exact) mass is 362 g/mol. The number of benzene rings is 2. The van der Waals surface area contributed by atoms with Crippen LogP contribution < -0.4 is 14.8 Å². The van der Waals surface area contributed by atoms with Crippen LogP contribution >= 0.6 is 0 Å². The van der Waals surface area contributed by atoms with Gasteiger partial charge in [-0.2, -0.15) is 0 Å². The number of sulfonamides is 1. The molecule has 2 aromatic rings. The van der Waals surface area contributed by atoms with Crippen molar-refractivity contribution in [1.29, 1.82) is 0 Å². The lowest BCUT2D eigenvalue weighted by molar-refractivity contribution is -0.120. The van der Waals surface area contributed by atoms with Crippen LogP contribution in [0.3, 0.4) is 0 Å². The summed E-state index contributed by atoms with van der Waals surface area (Å²) in [6, 6.07) is 16.7. The Morgan fingerprint density at radius 3 is 2.44 bits per heavy atom. The first-order valence-corrected chi connectivity index (χ1v) is 9.55. The molecule has 0 atom stereocenters. The van der Waals surface area contributed by atoms with E-state index in [0.717, 1.165) is 11.1 Å². The van der Waals surface area contributed by atoms with Gasteiger partial charge in [-0.3, -0.25) is 4.79 Å². The highest BCUT2D eigenvalue weighted by Crippen LogP contribution is 2.16. The highest BCUT2D eigenvalue weighted by molar-refractivity contribution is 7.89. The highest BCUT2D eigenvalue weighted by atomic mass is 32.2. The third-order valence-electron chi connectivity index (χ3n) is 3.62. The van der Waals surface area contributed by atoms with Crippen LogP contribution in [0.5, 0.6) is 5.75 Å². The summed E-state index contributed by atoms with van der Waals surface area (Å²) in [6.45, 7) is -0.0130. The fourth-order valence-electron chi connectivity index (χ4n) is 2.25. The largest absolute Gasteiger partial charge is 0.496 e. The third kappa shape index (κ3) is 6.56. The Balaban J connectivity index is 1.76. The van der Waals surface area contributed by atoms with Crippen molar-refractivity contribution < 1.29 is 17.9 Å². The van der Waals surface area contributed by atoms with Gasteiger partial charge in [-0.25, -0.2) is 13.1 Å². The van der Waals surface area contributed by atoms with Crippen molar-refractivity contribution in [3.63, 3.8) is 0 Å². The maximum absolute atomic E-state index is 12.0. The minimum absolute atomic E-state index is 0.0587. The van der Waals surface area contributed by atoms with Gasteiger partial charge in [0.25, 0.3) is 0 Å². The molecule has 6 nitrogen and oxygen atoms in total. The van der Waals surface area contributed by atoms with Gasteiger partial charge in [0.2, 0.25) is 15.9 Å². The van der Waals surface area contributed by atoms with E-state index in [1.54, 1.807) is 13.2 Å². The van der Waals surface area contributed by atoms with Gasteiger partial charge >= 0.3 is 0 Å². The Labute approximate surface area is 148 Å². The Hall–Kier alpha value is -2.38. The van der Waals surface area contributed by atoms with Gasteiger partial charge < -0.3 is 10.1 Å². The average Bonchev–Trinajstić information content (AvgIpc) is 2.64. The number of methoxy groups -OCH3 is 1. The van der Waals surface area contributed by atoms with E-state index >= 15 is 0 Å². The second-order valence-electron chi connectivity index (χ2n) is 5.46. The molecule has 2 N–H and O–H groups in total. The molecule has 0 heterocycles. The van der Waals surface area contributed by atoms with E-state index in [9.17, 15) is 13.2 Å². The van der Waals surface area contributed by atoms with Gasteiger partial charge in [-0.1, -0.05) is 48.5 Å². The molecule has 0 aliphatic carbocycles. The first-order chi connectivity index (χ1) is 12.0. The van der Waals surface area contributed by atoms with Crippen LogP contribution in [0.25, 0.3) is 0 Å². The number of carbonyl (C=O) groups is 1. The Bertz CT molecular complexity index is 792. The minimum atomic E-state index is -3.51. The molecule has 0 bridgehead atoms. The van der Waals surface area contributed by atoms with E-state index in [2.05, 4.69) is 10.0 Å². The van der Waals surface area contributed by atoms with Crippen LogP contribution in [-0.4, -0.2) is 33.7 Å². The summed E-state index contributed by atoms with van der Waals surface area (Å²) in [7, 11) is -1.95. The van der Waals surface area contributed by atoms with Crippen molar-refractivity contribution in [1.82, 2.24) is 10.0 Å². The zero-order valence-corrected chi connectivity index (χ0v) is 14.9. The first kappa shape index (κ1) is 19.0. The summed E-state index contributed by atoms with van der Waals surface area (Å²) in [4.78, 5) is 11.9. The molecule has 0 aromatic heterocycles. The lowest BCUT2D eigenvalue weighted by Crippen LogP contribution is -2.37. The van der Waals surface area contributed by atoms with E-state index in [1.165, 1.54) is 0 Å². The van der Waals surface area contributed by atoms with Crippen LogP contribution in [0.1, 0.15) is 11.1 Å². The summed E-state index contributed by atoms with van der Waals surface area (Å²) in [6.07, 6.45) is 0.402. The summed E-state index contributed by atoms with van der Waals surface area (Å²) in [5.41, 5.74) is 1.76. The third-order valence-corrected chi connectivity index (χ3v) is 4.95. The fourth-order valence-corrected chi connectivity index (χ4v) is 3.25. The molecule has 134 valence electrons. The average molecular weight is 362 g/mol. The van der Waals surface area contributed by atoms with Crippen molar-refractivity contribution in [2.75, 3.05) is 19.4 Å². The predicted octanol–water partition coefficient (Wildman–Crippen LogP) is 1.47. The fraction of sp³-hybridized carbons (Fsp3) is 0.278. The molecule has 25 heavy (non-hydrogen) atoms. The summed E-state index contributed by atoms with van der Waals surface area (Å²) >= 11 is 0. The number of nitrogens with one attached hydrogen (secondary N) is 2. The molecule has 7 heteroatoms. The van der Waals surface area contributed by atoms with Crippen molar-refractivity contribution in [3.05, 3.63) is 65.7 Å². The molecule has 0 aliphatic rings. The number of hydrogen-bond acceptors (Lipinski definition) is 4. The Morgan fingerprint density at radius 1 is 1.04 bits per heavy atom. The summed E-state index contributed by atoms with van der Waals surface area (Å²) in [5.74, 6) is 0.219. The maximum Gasteiger partial charge on any atom is 0.235 e. The van der Waals surface area contributed by atoms with Crippen LogP contribution in [0.15, 0.2) is 54.6 Å². The number of para-hydroxylation sites is 1. The van der Waals surface area contributed by atoms with Crippen LogP contribution in [0.2, 0.25) is 0 Å². The number of rotatable bonds is 9. The SMILES string of the molecule is COc1ccccc1CNC(=O)CNS(=O)(=O)CCc1ccccc1. The lowest BCUT2D eigenvalue weighted by Gasteiger charge is -2.10. The molecule has 0 fully saturated rings. The quantitative estimate of drug-likeness (QED) is 0.708. The predicted molar refractivity (Wildman–Crippen MR) is 96.8 cm³/mol. The van der Waals surface area contributed by atoms with Gasteiger partial charge in [-0.05, 0) is 18.1 Å². The molecular weight excluding hydrogens is 340 g/mol. The van der Waals surface area contributed by atoms with E-state index < -0.39 is 15.9 Å². The van der Waals surface area contributed by atoms with Crippen molar-refractivity contribution in [2.24, 2.45) is 0 Å². The van der Waals surface area contributed by atoms with E-state index in [0.29, 0.717) is 12.2 Å². The lowest BCUT2D eigenvalue weighted by atomic mass is 10.2. The highest BCUT2D eigenvalue weighted by Gasteiger charge is 2.13. The van der Waals surface area contributed by atoms with Crippen LogP contribution in [0, 0.1) is 0 Å². The number of carbonyl (C=O) groups excluding carboxylic acids is 1. The van der Waals surface area contributed by atoms with Gasteiger partial charge in [0.15, 0.2) is 0 Å². The molecule has 0 spiro atoms.